The van der Waals surface area contributed by atoms with Gasteiger partial charge in [0, 0.05) is 64.8 Å². The normalized spacial score (nSPS) is 36.0. The van der Waals surface area contributed by atoms with E-state index in [2.05, 4.69) is 0 Å². The minimum Gasteiger partial charge on any atom is -0.480 e. The molecule has 271 valence electrons. The van der Waals surface area contributed by atoms with E-state index in [0.717, 1.165) is 6.92 Å². The van der Waals surface area contributed by atoms with Crippen molar-refractivity contribution in [3.05, 3.63) is 53.0 Å². The number of rotatable bonds is 7. The van der Waals surface area contributed by atoms with Crippen molar-refractivity contribution in [3.8, 4) is 0 Å². The third-order valence-corrected chi connectivity index (χ3v) is 11.4. The van der Waals surface area contributed by atoms with Gasteiger partial charge >= 0.3 is 17.9 Å². The van der Waals surface area contributed by atoms with E-state index >= 15 is 4.79 Å². The molecule has 2 saturated carbocycles. The number of hydrogen-bond acceptors (Lipinski definition) is 13. The Kier molecular flexibility index (Phi) is 11.3. The maximum Gasteiger partial charge on any atom is 0.338 e. The molecule has 1 aromatic rings. The summed E-state index contributed by atoms with van der Waals surface area (Å²) in [6.45, 7) is 11.5. The zero-order chi connectivity index (χ0) is 36.4. The Bertz CT molecular complexity index is 1580. The van der Waals surface area contributed by atoms with Crippen LogP contribution in [-0.4, -0.2) is 94.2 Å². The van der Waals surface area contributed by atoms with Crippen LogP contribution in [0.5, 0.6) is 0 Å². The van der Waals surface area contributed by atoms with Gasteiger partial charge in [-0.15, -0.1) is 0 Å². The van der Waals surface area contributed by atoms with Crippen LogP contribution in [0.3, 0.4) is 0 Å². The maximum absolute atomic E-state index is 15.2. The van der Waals surface area contributed by atoms with Crippen molar-refractivity contribution in [1.82, 2.24) is 0 Å². The number of carbonyl (C=O) groups is 5. The van der Waals surface area contributed by atoms with Crippen LogP contribution in [0.2, 0.25) is 0 Å². The fourth-order valence-electron chi connectivity index (χ4n) is 8.43. The Balaban J connectivity index is 0.00000562. The maximum atomic E-state index is 15.2. The molecule has 0 aromatic heterocycles. The largest absolute Gasteiger partial charge is 0.480 e. The van der Waals surface area contributed by atoms with E-state index in [1.165, 1.54) is 32.9 Å². The van der Waals surface area contributed by atoms with Crippen molar-refractivity contribution >= 4 is 29.7 Å². The number of fused-ring (bicyclic) bond motifs is 5. The van der Waals surface area contributed by atoms with Crippen LogP contribution in [0.15, 0.2) is 41.5 Å². The topological polar surface area (TPSA) is 198 Å². The van der Waals surface area contributed by atoms with Crippen LogP contribution in [-0.2, 0) is 75.6 Å². The second-order valence-corrected chi connectivity index (χ2v) is 14.6. The summed E-state index contributed by atoms with van der Waals surface area (Å²) in [5, 5.41) is 25.2. The van der Waals surface area contributed by atoms with Gasteiger partial charge in [-0.25, -0.2) is 4.79 Å². The molecule has 14 heteroatoms. The molecule has 4 aliphatic rings. The number of aliphatic hydroxyl groups excluding tert-OH is 1. The van der Waals surface area contributed by atoms with Gasteiger partial charge in [-0.3, -0.25) is 25.1 Å². The summed E-state index contributed by atoms with van der Waals surface area (Å²) >= 11 is 0. The predicted molar refractivity (Wildman–Crippen MR) is 171 cm³/mol. The van der Waals surface area contributed by atoms with E-state index in [-0.39, 0.29) is 69.2 Å². The van der Waals surface area contributed by atoms with E-state index in [4.69, 9.17) is 29.4 Å². The third kappa shape index (κ3) is 6.15. The van der Waals surface area contributed by atoms with Gasteiger partial charge in [0.2, 0.25) is 0 Å². The Morgan fingerprint density at radius 1 is 1.04 bits per heavy atom. The molecule has 10 atom stereocenters. The minimum atomic E-state index is -2.21. The fourth-order valence-corrected chi connectivity index (χ4v) is 8.43. The van der Waals surface area contributed by atoms with Crippen LogP contribution in [0.25, 0.3) is 0 Å². The molecule has 4 N–H and O–H groups in total. The first-order chi connectivity index (χ1) is 22.7. The van der Waals surface area contributed by atoms with Crippen LogP contribution in [0, 0.1) is 22.7 Å². The second-order valence-electron chi connectivity index (χ2n) is 14.6. The monoisotopic (exact) mass is 773 g/mol. The van der Waals surface area contributed by atoms with E-state index in [1.54, 1.807) is 45.9 Å². The molecule has 1 aliphatic heterocycles. The number of nitrogens with two attached hydrogens (primary N) is 1. The van der Waals surface area contributed by atoms with Gasteiger partial charge in [-0.2, -0.15) is 6.92 Å². The molecule has 5 rings (SSSR count). The number of carbonyl (C=O) groups excluding carboxylic acids is 5. The smallest absolute Gasteiger partial charge is 0.338 e. The SMILES string of the molecule is CC(=O)O[C@H]1C(=O)[C@@]2(C)[C@H]([C@H](OC(=O)c3ccccc3)[C@]3(O)C[C@H](OC(=O)[C-](C)[C@H](C)N)C(C)=C1C3(C)C)[C@]1(OC(C)=O)CO[C@@H]1C[C@@H]2O.[Y]. The first-order valence-electron chi connectivity index (χ1n) is 16.4. The molecular formula is C36H46NO12Y-. The standard InChI is InChI=1S/C36H46NO12.Y/c1-17(19(3)37)31(42)47-23-15-36(44)30(48-32(43)22-12-10-9-11-13-22)28-34(8,24(40)14-25-35(28,16-45-25)49-21(5)39)29(41)27(46-20(4)38)26(18(23)2)33(36,6)7;/h9-13,19,23-25,27-28,30,40,44H,14-16,37H2,1-8H3;/q-1;/t19-,23-,24-,25+,27+,28-,30-,34+,35-,36+;/m0./s1. The van der Waals surface area contributed by atoms with Gasteiger partial charge < -0.3 is 39.6 Å². The first-order valence-corrected chi connectivity index (χ1v) is 16.4. The Morgan fingerprint density at radius 3 is 2.18 bits per heavy atom. The number of ketones is 1. The molecule has 1 saturated heterocycles. The molecule has 0 spiro atoms. The summed E-state index contributed by atoms with van der Waals surface area (Å²) in [7, 11) is 0. The Morgan fingerprint density at radius 2 is 1.66 bits per heavy atom. The van der Waals surface area contributed by atoms with Crippen molar-refractivity contribution in [1.29, 1.82) is 0 Å². The fraction of sp³-hybridized carbons (Fsp3) is 0.611. The summed E-state index contributed by atoms with van der Waals surface area (Å²) < 4.78 is 29.9. The average Bonchev–Trinajstić information content (AvgIpc) is 3.02. The van der Waals surface area contributed by atoms with Gasteiger partial charge in [-0.1, -0.05) is 45.0 Å². The average molecular weight is 774 g/mol. The van der Waals surface area contributed by atoms with Crippen molar-refractivity contribution in [3.63, 3.8) is 0 Å². The van der Waals surface area contributed by atoms with Gasteiger partial charge in [0.05, 0.1) is 29.6 Å². The molecular weight excluding hydrogens is 727 g/mol. The van der Waals surface area contributed by atoms with Crippen LogP contribution < -0.4 is 5.73 Å². The molecule has 0 unspecified atom stereocenters. The van der Waals surface area contributed by atoms with E-state index in [1.807, 2.05) is 0 Å². The molecule has 1 radical (unpaired) electrons. The molecule has 0 amide bonds. The number of hydrogen-bond donors (Lipinski definition) is 3. The molecule has 1 aromatic carbocycles. The van der Waals surface area contributed by atoms with E-state index < -0.39 is 94.2 Å². The van der Waals surface area contributed by atoms with E-state index in [0.29, 0.717) is 5.57 Å². The minimum absolute atomic E-state index is 0. The second kappa shape index (κ2) is 14.0. The number of Topliss-reactive ketones (excluding diaryl/α,β-unsaturated/α-hetero) is 1. The summed E-state index contributed by atoms with van der Waals surface area (Å²) in [6, 6.07) is 7.33. The van der Waals surface area contributed by atoms with Gasteiger partial charge in [0.1, 0.15) is 23.9 Å². The molecule has 50 heavy (non-hydrogen) atoms. The van der Waals surface area contributed by atoms with E-state index in [9.17, 15) is 29.4 Å². The summed E-state index contributed by atoms with van der Waals surface area (Å²) in [5.74, 6) is -5.19. The number of benzene rings is 1. The number of aliphatic hydroxyl groups is 2. The molecule has 3 aliphatic carbocycles. The van der Waals surface area contributed by atoms with Gasteiger partial charge in [-0.05, 0) is 37.1 Å². The van der Waals surface area contributed by atoms with Crippen molar-refractivity contribution in [2.45, 2.75) is 116 Å². The Labute approximate surface area is 316 Å². The molecule has 13 nitrogen and oxygen atoms in total. The number of ether oxygens (including phenoxy) is 5. The predicted octanol–water partition coefficient (Wildman–Crippen LogP) is 2.14. The van der Waals surface area contributed by atoms with Crippen LogP contribution >= 0.6 is 0 Å². The summed E-state index contributed by atoms with van der Waals surface area (Å²) in [6.07, 6.45) is -7.52. The Hall–Kier alpha value is -2.68. The summed E-state index contributed by atoms with van der Waals surface area (Å²) in [4.78, 5) is 67.9. The van der Waals surface area contributed by atoms with Crippen molar-refractivity contribution in [2.24, 2.45) is 22.5 Å². The van der Waals surface area contributed by atoms with Crippen LogP contribution in [0.1, 0.15) is 78.6 Å². The zero-order valence-corrected chi connectivity index (χ0v) is 32.5. The number of esters is 4. The summed E-state index contributed by atoms with van der Waals surface area (Å²) in [5.41, 5.74) is -0.804. The quantitative estimate of drug-likeness (QED) is 0.158. The van der Waals surface area contributed by atoms with Crippen molar-refractivity contribution < 1.29 is 90.6 Å². The first kappa shape index (κ1) is 40.1. The van der Waals surface area contributed by atoms with Crippen molar-refractivity contribution in [2.75, 3.05) is 6.61 Å². The third-order valence-electron chi connectivity index (χ3n) is 11.4. The molecule has 1 heterocycles. The zero-order valence-electron chi connectivity index (χ0n) is 29.7. The van der Waals surface area contributed by atoms with Gasteiger partial charge in [0.25, 0.3) is 0 Å². The van der Waals surface area contributed by atoms with Crippen LogP contribution in [0.4, 0.5) is 0 Å². The molecule has 3 fully saturated rings. The molecule has 2 bridgehead atoms. The van der Waals surface area contributed by atoms with Gasteiger partial charge in [0.15, 0.2) is 23.5 Å².